The van der Waals surface area contributed by atoms with Gasteiger partial charge in [0.15, 0.2) is 0 Å². The zero-order valence-electron chi connectivity index (χ0n) is 7.13. The average molecular weight is 193 g/mol. The molecule has 4 nitrogen and oxygen atoms in total. The second kappa shape index (κ2) is 4.98. The summed E-state index contributed by atoms with van der Waals surface area (Å²) in [5.74, 6) is -1.09. The molecular weight excluding hydrogens is 180 g/mol. The summed E-state index contributed by atoms with van der Waals surface area (Å²) in [4.78, 5) is 21.5. The van der Waals surface area contributed by atoms with E-state index in [0.29, 0.717) is 0 Å². The molecule has 0 fully saturated rings. The molecule has 0 bridgehead atoms. The van der Waals surface area contributed by atoms with Gasteiger partial charge in [-0.05, 0) is 5.92 Å². The number of carbonyl (C=O) groups excluding carboxylic acids is 2. The molecule has 0 aromatic rings. The van der Waals surface area contributed by atoms with Crippen molar-refractivity contribution in [2.45, 2.75) is 19.9 Å². The molecule has 70 valence electrons. The molecule has 2 amide bonds. The van der Waals surface area contributed by atoms with Crippen LogP contribution in [0.3, 0.4) is 0 Å². The largest absolute Gasteiger partial charge is 0.368 e. The minimum Gasteiger partial charge on any atom is -0.368 e. The van der Waals surface area contributed by atoms with Crippen molar-refractivity contribution in [1.82, 2.24) is 5.32 Å². The lowest BCUT2D eigenvalue weighted by Crippen LogP contribution is -2.48. The van der Waals surface area contributed by atoms with Gasteiger partial charge in [0, 0.05) is 0 Å². The highest BCUT2D eigenvalue weighted by Crippen LogP contribution is 2.00. The summed E-state index contributed by atoms with van der Waals surface area (Å²) in [6, 6.07) is -0.628. The topological polar surface area (TPSA) is 72.2 Å². The zero-order chi connectivity index (χ0) is 9.72. The molecule has 0 aromatic carbocycles. The Balaban J connectivity index is 4.14. The fourth-order valence-electron chi connectivity index (χ4n) is 0.778. The SMILES string of the molecule is CC(C)C(NC(=O)CCl)C(N)=O. The summed E-state index contributed by atoms with van der Waals surface area (Å²) < 4.78 is 0. The third kappa shape index (κ3) is 3.57. The van der Waals surface area contributed by atoms with E-state index in [-0.39, 0.29) is 17.7 Å². The van der Waals surface area contributed by atoms with E-state index in [4.69, 9.17) is 17.3 Å². The summed E-state index contributed by atoms with van der Waals surface area (Å²) in [5.41, 5.74) is 5.04. The van der Waals surface area contributed by atoms with Crippen molar-refractivity contribution in [2.75, 3.05) is 5.88 Å². The van der Waals surface area contributed by atoms with Crippen LogP contribution in [0, 0.1) is 5.92 Å². The third-order valence-corrected chi connectivity index (χ3v) is 1.65. The Morgan fingerprint density at radius 1 is 1.50 bits per heavy atom. The van der Waals surface area contributed by atoms with Gasteiger partial charge in [-0.15, -0.1) is 11.6 Å². The predicted octanol–water partition coefficient (Wildman–Crippen LogP) is -0.149. The van der Waals surface area contributed by atoms with Crippen molar-refractivity contribution < 1.29 is 9.59 Å². The monoisotopic (exact) mass is 192 g/mol. The Bertz CT molecular complexity index is 182. The van der Waals surface area contributed by atoms with Gasteiger partial charge in [-0.3, -0.25) is 9.59 Å². The van der Waals surface area contributed by atoms with Crippen LogP contribution in [0.25, 0.3) is 0 Å². The van der Waals surface area contributed by atoms with Gasteiger partial charge in [0.25, 0.3) is 0 Å². The second-order valence-corrected chi connectivity index (χ2v) is 3.09. The van der Waals surface area contributed by atoms with Crippen LogP contribution < -0.4 is 11.1 Å². The number of nitrogens with one attached hydrogen (secondary N) is 1. The number of halogens is 1. The first-order valence-corrected chi connectivity index (χ1v) is 4.17. The van der Waals surface area contributed by atoms with Crippen LogP contribution in [0.4, 0.5) is 0 Å². The summed E-state index contributed by atoms with van der Waals surface area (Å²) in [5, 5.41) is 2.42. The zero-order valence-corrected chi connectivity index (χ0v) is 7.89. The van der Waals surface area contributed by atoms with E-state index in [1.54, 1.807) is 13.8 Å². The molecule has 5 heteroatoms. The first-order chi connectivity index (χ1) is 5.49. The van der Waals surface area contributed by atoms with Crippen LogP contribution in [0.5, 0.6) is 0 Å². The average Bonchev–Trinajstić information content (AvgIpc) is 1.98. The Labute approximate surface area is 76.4 Å². The maximum atomic E-state index is 10.8. The van der Waals surface area contributed by atoms with E-state index in [2.05, 4.69) is 5.32 Å². The molecule has 0 aliphatic heterocycles. The van der Waals surface area contributed by atoms with Crippen molar-refractivity contribution >= 4 is 23.4 Å². The van der Waals surface area contributed by atoms with Crippen molar-refractivity contribution in [1.29, 1.82) is 0 Å². The molecular formula is C7H13ClN2O2. The van der Waals surface area contributed by atoms with E-state index >= 15 is 0 Å². The highest BCUT2D eigenvalue weighted by atomic mass is 35.5. The van der Waals surface area contributed by atoms with Gasteiger partial charge in [0.1, 0.15) is 11.9 Å². The summed E-state index contributed by atoms with van der Waals surface area (Å²) in [7, 11) is 0. The maximum absolute atomic E-state index is 10.8. The molecule has 0 aliphatic rings. The van der Waals surface area contributed by atoms with Gasteiger partial charge < -0.3 is 11.1 Å². The molecule has 0 spiro atoms. The van der Waals surface area contributed by atoms with E-state index < -0.39 is 11.9 Å². The van der Waals surface area contributed by atoms with Gasteiger partial charge in [0.05, 0.1) is 0 Å². The van der Waals surface area contributed by atoms with E-state index in [1.165, 1.54) is 0 Å². The number of rotatable bonds is 4. The Hall–Kier alpha value is -0.770. The molecule has 0 aliphatic carbocycles. The number of hydrogen-bond acceptors (Lipinski definition) is 2. The third-order valence-electron chi connectivity index (χ3n) is 1.41. The highest BCUT2D eigenvalue weighted by molar-refractivity contribution is 6.27. The number of alkyl halides is 1. The molecule has 0 heterocycles. The minimum atomic E-state index is -0.628. The van der Waals surface area contributed by atoms with Gasteiger partial charge in [-0.2, -0.15) is 0 Å². The van der Waals surface area contributed by atoms with Gasteiger partial charge >= 0.3 is 0 Å². The van der Waals surface area contributed by atoms with Crippen molar-refractivity contribution in [3.05, 3.63) is 0 Å². The van der Waals surface area contributed by atoms with Crippen LogP contribution in [-0.4, -0.2) is 23.7 Å². The van der Waals surface area contributed by atoms with Crippen molar-refractivity contribution in [3.8, 4) is 0 Å². The minimum absolute atomic E-state index is 0.0188. The fraction of sp³-hybridized carbons (Fsp3) is 0.714. The first kappa shape index (κ1) is 11.2. The lowest BCUT2D eigenvalue weighted by molar-refractivity contribution is -0.127. The fourth-order valence-corrected chi connectivity index (χ4v) is 0.855. The predicted molar refractivity (Wildman–Crippen MR) is 46.7 cm³/mol. The summed E-state index contributed by atoms with van der Waals surface area (Å²) in [6.07, 6.45) is 0. The van der Waals surface area contributed by atoms with E-state index in [1.807, 2.05) is 0 Å². The second-order valence-electron chi connectivity index (χ2n) is 2.83. The smallest absolute Gasteiger partial charge is 0.240 e. The number of hydrogen-bond donors (Lipinski definition) is 2. The number of nitrogens with two attached hydrogens (primary N) is 1. The number of amides is 2. The maximum Gasteiger partial charge on any atom is 0.240 e. The van der Waals surface area contributed by atoms with Gasteiger partial charge in [0.2, 0.25) is 11.8 Å². The normalized spacial score (nSPS) is 12.7. The number of carbonyl (C=O) groups is 2. The van der Waals surface area contributed by atoms with Crippen molar-refractivity contribution in [3.63, 3.8) is 0 Å². The molecule has 0 saturated heterocycles. The Morgan fingerprint density at radius 2 is 2.00 bits per heavy atom. The molecule has 0 rings (SSSR count). The summed E-state index contributed by atoms with van der Waals surface area (Å²) in [6.45, 7) is 3.59. The Kier molecular flexibility index (Phi) is 4.66. The van der Waals surface area contributed by atoms with Crippen LogP contribution in [-0.2, 0) is 9.59 Å². The van der Waals surface area contributed by atoms with Crippen LogP contribution >= 0.6 is 11.6 Å². The molecule has 0 saturated carbocycles. The van der Waals surface area contributed by atoms with Crippen LogP contribution in [0.1, 0.15) is 13.8 Å². The lowest BCUT2D eigenvalue weighted by Gasteiger charge is -2.17. The molecule has 1 unspecified atom stereocenters. The molecule has 3 N–H and O–H groups in total. The molecule has 0 radical (unpaired) electrons. The standard InChI is InChI=1S/C7H13ClN2O2/c1-4(2)6(7(9)12)10-5(11)3-8/h4,6H,3H2,1-2H3,(H2,9,12)(H,10,11). The van der Waals surface area contributed by atoms with Crippen LogP contribution in [0.2, 0.25) is 0 Å². The summed E-state index contributed by atoms with van der Waals surface area (Å²) >= 11 is 5.24. The molecule has 0 aromatic heterocycles. The van der Waals surface area contributed by atoms with Crippen LogP contribution in [0.15, 0.2) is 0 Å². The first-order valence-electron chi connectivity index (χ1n) is 3.63. The lowest BCUT2D eigenvalue weighted by atomic mass is 10.0. The molecule has 12 heavy (non-hydrogen) atoms. The molecule has 1 atom stereocenters. The van der Waals surface area contributed by atoms with Crippen molar-refractivity contribution in [2.24, 2.45) is 11.7 Å². The highest BCUT2D eigenvalue weighted by Gasteiger charge is 2.20. The Morgan fingerprint density at radius 3 is 2.25 bits per heavy atom. The van der Waals surface area contributed by atoms with Gasteiger partial charge in [-0.1, -0.05) is 13.8 Å². The number of primary amides is 1. The van der Waals surface area contributed by atoms with Gasteiger partial charge in [-0.25, -0.2) is 0 Å². The van der Waals surface area contributed by atoms with E-state index in [0.717, 1.165) is 0 Å². The van der Waals surface area contributed by atoms with E-state index in [9.17, 15) is 9.59 Å². The quantitative estimate of drug-likeness (QED) is 0.609.